The molecule has 0 aliphatic carbocycles. The lowest BCUT2D eigenvalue weighted by molar-refractivity contribution is -0.140. The molecule has 0 aliphatic rings. The molecule has 5 heteroatoms. The molecule has 5 nitrogen and oxygen atoms in total. The van der Waals surface area contributed by atoms with Crippen LogP contribution in [0.1, 0.15) is 20.8 Å². The highest BCUT2D eigenvalue weighted by molar-refractivity contribution is 5.82. The van der Waals surface area contributed by atoms with E-state index in [0.717, 1.165) is 0 Å². The van der Waals surface area contributed by atoms with Crippen molar-refractivity contribution in [2.75, 3.05) is 13.1 Å². The van der Waals surface area contributed by atoms with Gasteiger partial charge in [0.15, 0.2) is 0 Å². The Hall–Kier alpha value is -1.70. The normalized spacial score (nSPS) is 11.7. The number of nitrogens with zero attached hydrogens (tertiary/aromatic N) is 1. The molecule has 0 radical (unpaired) electrons. The highest BCUT2D eigenvalue weighted by Gasteiger charge is 2.25. The lowest BCUT2D eigenvalue weighted by Gasteiger charge is -2.23. The molecule has 0 saturated heterocycles. The van der Waals surface area contributed by atoms with Crippen molar-refractivity contribution in [2.24, 2.45) is 5.92 Å². The number of carboxylic acid groups (broad SMARTS) is 1. The van der Waals surface area contributed by atoms with Crippen molar-refractivity contribution in [3.8, 4) is 12.3 Å². The van der Waals surface area contributed by atoms with Gasteiger partial charge in [0.2, 0.25) is 0 Å². The second-order valence-electron chi connectivity index (χ2n) is 3.73. The summed E-state index contributed by atoms with van der Waals surface area (Å²) in [6, 6.07) is -1.33. The van der Waals surface area contributed by atoms with Gasteiger partial charge in [0.1, 0.15) is 6.04 Å². The van der Waals surface area contributed by atoms with E-state index in [0.29, 0.717) is 6.54 Å². The van der Waals surface area contributed by atoms with Crippen LogP contribution in [0.3, 0.4) is 0 Å². The number of aliphatic carboxylic acids is 1. The Labute approximate surface area is 95.8 Å². The molecule has 0 saturated carbocycles. The van der Waals surface area contributed by atoms with E-state index in [1.54, 1.807) is 20.8 Å². The molecular formula is C11H18N2O3. The molecule has 0 bridgehead atoms. The molecular weight excluding hydrogens is 208 g/mol. The fourth-order valence-corrected chi connectivity index (χ4v) is 1.18. The van der Waals surface area contributed by atoms with Crippen LogP contribution in [-0.2, 0) is 4.79 Å². The van der Waals surface area contributed by atoms with Crippen molar-refractivity contribution >= 4 is 12.0 Å². The molecule has 0 rings (SSSR count). The lowest BCUT2D eigenvalue weighted by atomic mass is 10.1. The number of urea groups is 1. The minimum absolute atomic E-state index is 0.173. The first-order chi connectivity index (χ1) is 7.43. The van der Waals surface area contributed by atoms with Crippen LogP contribution < -0.4 is 5.32 Å². The summed E-state index contributed by atoms with van der Waals surface area (Å²) in [6.07, 6.45) is 5.11. The maximum atomic E-state index is 11.6. The fourth-order valence-electron chi connectivity index (χ4n) is 1.18. The van der Waals surface area contributed by atoms with Gasteiger partial charge in [-0.2, -0.15) is 0 Å². The largest absolute Gasteiger partial charge is 0.480 e. The van der Waals surface area contributed by atoms with Gasteiger partial charge in [-0.15, -0.1) is 6.42 Å². The average molecular weight is 226 g/mol. The molecule has 2 amide bonds. The number of hydrogen-bond acceptors (Lipinski definition) is 2. The Morgan fingerprint density at radius 1 is 1.50 bits per heavy atom. The van der Waals surface area contributed by atoms with Gasteiger partial charge < -0.3 is 15.3 Å². The van der Waals surface area contributed by atoms with E-state index in [1.807, 2.05) is 0 Å². The lowest BCUT2D eigenvalue weighted by Crippen LogP contribution is -2.50. The zero-order valence-corrected chi connectivity index (χ0v) is 9.86. The molecule has 0 aromatic rings. The van der Waals surface area contributed by atoms with E-state index in [4.69, 9.17) is 11.5 Å². The highest BCUT2D eigenvalue weighted by Crippen LogP contribution is 2.02. The number of terminal acetylenes is 1. The van der Waals surface area contributed by atoms with Crippen molar-refractivity contribution in [1.82, 2.24) is 10.2 Å². The fraction of sp³-hybridized carbons (Fsp3) is 0.636. The van der Waals surface area contributed by atoms with E-state index in [2.05, 4.69) is 11.2 Å². The summed E-state index contributed by atoms with van der Waals surface area (Å²) < 4.78 is 0. The Bertz CT molecular complexity index is 294. The first kappa shape index (κ1) is 14.3. The van der Waals surface area contributed by atoms with Crippen molar-refractivity contribution in [1.29, 1.82) is 0 Å². The minimum Gasteiger partial charge on any atom is -0.480 e. The Kier molecular flexibility index (Phi) is 6.01. The van der Waals surface area contributed by atoms with E-state index in [1.165, 1.54) is 4.90 Å². The minimum atomic E-state index is -1.04. The zero-order valence-electron chi connectivity index (χ0n) is 9.86. The number of nitrogens with one attached hydrogen (secondary N) is 1. The Morgan fingerprint density at radius 3 is 2.38 bits per heavy atom. The predicted molar refractivity (Wildman–Crippen MR) is 60.9 cm³/mol. The Balaban J connectivity index is 4.51. The third-order valence-electron chi connectivity index (χ3n) is 2.16. The average Bonchev–Trinajstić information content (AvgIpc) is 2.21. The summed E-state index contributed by atoms with van der Waals surface area (Å²) in [5.74, 6) is 1.13. The molecule has 0 aliphatic heterocycles. The maximum absolute atomic E-state index is 11.6. The first-order valence-electron chi connectivity index (χ1n) is 5.15. The van der Waals surface area contributed by atoms with E-state index in [-0.39, 0.29) is 12.5 Å². The molecule has 2 N–H and O–H groups in total. The number of carbonyl (C=O) groups is 2. The second-order valence-corrected chi connectivity index (χ2v) is 3.73. The molecule has 0 aromatic carbocycles. The van der Waals surface area contributed by atoms with Gasteiger partial charge in [0, 0.05) is 6.54 Å². The van der Waals surface area contributed by atoms with Crippen LogP contribution in [0.4, 0.5) is 4.79 Å². The van der Waals surface area contributed by atoms with Crippen LogP contribution >= 0.6 is 0 Å². The summed E-state index contributed by atoms with van der Waals surface area (Å²) >= 11 is 0. The monoisotopic (exact) mass is 226 g/mol. The van der Waals surface area contributed by atoms with Crippen molar-refractivity contribution < 1.29 is 14.7 Å². The molecule has 1 unspecified atom stereocenters. The van der Waals surface area contributed by atoms with Gasteiger partial charge in [0.05, 0.1) is 6.54 Å². The van der Waals surface area contributed by atoms with Crippen molar-refractivity contribution in [2.45, 2.75) is 26.8 Å². The van der Waals surface area contributed by atoms with Gasteiger partial charge in [-0.25, -0.2) is 9.59 Å². The summed E-state index contributed by atoms with van der Waals surface area (Å²) in [6.45, 7) is 5.86. The van der Waals surface area contributed by atoms with Crippen LogP contribution in [0.15, 0.2) is 0 Å². The van der Waals surface area contributed by atoms with Crippen molar-refractivity contribution in [3.05, 3.63) is 0 Å². The highest BCUT2D eigenvalue weighted by atomic mass is 16.4. The number of carboxylic acids is 1. The quantitative estimate of drug-likeness (QED) is 0.680. The zero-order chi connectivity index (χ0) is 12.7. The molecule has 0 aromatic heterocycles. The van der Waals surface area contributed by atoms with Crippen LogP contribution in [0, 0.1) is 18.3 Å². The number of carbonyl (C=O) groups excluding carboxylic acids is 1. The van der Waals surface area contributed by atoms with Crippen LogP contribution in [0.25, 0.3) is 0 Å². The molecule has 90 valence electrons. The van der Waals surface area contributed by atoms with E-state index < -0.39 is 18.0 Å². The SMILES string of the molecule is C#CCN(CC)C(=O)NC(C(=O)O)C(C)C. The maximum Gasteiger partial charge on any atom is 0.326 e. The van der Waals surface area contributed by atoms with Crippen LogP contribution in [0.2, 0.25) is 0 Å². The van der Waals surface area contributed by atoms with Crippen LogP contribution in [-0.4, -0.2) is 41.1 Å². The van der Waals surface area contributed by atoms with E-state index >= 15 is 0 Å². The molecule has 1 atom stereocenters. The number of hydrogen-bond donors (Lipinski definition) is 2. The third kappa shape index (κ3) is 4.22. The summed E-state index contributed by atoms with van der Waals surface area (Å²) in [7, 11) is 0. The van der Waals surface area contributed by atoms with Crippen molar-refractivity contribution in [3.63, 3.8) is 0 Å². The summed E-state index contributed by atoms with van der Waals surface area (Å²) in [5, 5.41) is 11.3. The standard InChI is InChI=1S/C11H18N2O3/c1-5-7-13(6-2)11(16)12-9(8(3)4)10(14)15/h1,8-9H,6-7H2,2-4H3,(H,12,16)(H,14,15). The number of rotatable bonds is 5. The first-order valence-corrected chi connectivity index (χ1v) is 5.15. The van der Waals surface area contributed by atoms with Gasteiger partial charge in [-0.3, -0.25) is 0 Å². The smallest absolute Gasteiger partial charge is 0.326 e. The summed E-state index contributed by atoms with van der Waals surface area (Å²) in [5.41, 5.74) is 0. The van der Waals surface area contributed by atoms with Gasteiger partial charge in [-0.1, -0.05) is 19.8 Å². The predicted octanol–water partition coefficient (Wildman–Crippen LogP) is 0.760. The van der Waals surface area contributed by atoms with Gasteiger partial charge in [0.25, 0.3) is 0 Å². The van der Waals surface area contributed by atoms with Gasteiger partial charge >= 0.3 is 12.0 Å². The van der Waals surface area contributed by atoms with Crippen LogP contribution in [0.5, 0.6) is 0 Å². The molecule has 16 heavy (non-hydrogen) atoms. The Morgan fingerprint density at radius 2 is 2.06 bits per heavy atom. The topological polar surface area (TPSA) is 69.6 Å². The third-order valence-corrected chi connectivity index (χ3v) is 2.16. The second kappa shape index (κ2) is 6.72. The van der Waals surface area contributed by atoms with E-state index in [9.17, 15) is 9.59 Å². The molecule has 0 fully saturated rings. The summed E-state index contributed by atoms with van der Waals surface area (Å²) in [4.78, 5) is 23.9. The molecule has 0 spiro atoms. The van der Waals surface area contributed by atoms with Gasteiger partial charge in [-0.05, 0) is 12.8 Å². The molecule has 0 heterocycles. The number of amides is 2.